The first kappa shape index (κ1) is 11.3. The number of oxime groups is 1. The van der Waals surface area contributed by atoms with Gasteiger partial charge < -0.3 is 9.74 Å². The van der Waals surface area contributed by atoms with Crippen molar-refractivity contribution in [2.24, 2.45) is 10.1 Å². The van der Waals surface area contributed by atoms with E-state index < -0.39 is 0 Å². The van der Waals surface area contributed by atoms with Crippen molar-refractivity contribution in [3.8, 4) is 0 Å². The van der Waals surface area contributed by atoms with Crippen molar-refractivity contribution in [1.29, 1.82) is 0 Å². The highest BCUT2D eigenvalue weighted by molar-refractivity contribution is 6.04. The summed E-state index contributed by atoms with van der Waals surface area (Å²) in [5, 5.41) is 4.07. The van der Waals surface area contributed by atoms with Gasteiger partial charge in [0.1, 0.15) is 5.84 Å². The molecule has 0 saturated heterocycles. The number of benzene rings is 1. The molecule has 0 unspecified atom stereocenters. The minimum atomic E-state index is 0.806. The second-order valence-electron chi connectivity index (χ2n) is 4.71. The van der Waals surface area contributed by atoms with Crippen LogP contribution in [0.25, 0.3) is 0 Å². The second-order valence-corrected chi connectivity index (χ2v) is 4.71. The lowest BCUT2D eigenvalue weighted by atomic mass is 10.0. The van der Waals surface area contributed by atoms with Crippen molar-refractivity contribution in [3.63, 3.8) is 0 Å². The van der Waals surface area contributed by atoms with E-state index in [0.29, 0.717) is 0 Å². The lowest BCUT2D eigenvalue weighted by Gasteiger charge is -2.13. The van der Waals surface area contributed by atoms with Crippen molar-refractivity contribution < 1.29 is 4.84 Å². The molecule has 2 heterocycles. The van der Waals surface area contributed by atoms with Crippen LogP contribution < -0.4 is 0 Å². The first-order chi connectivity index (χ1) is 8.74. The smallest absolute Gasteiger partial charge is 0.182 e. The third kappa shape index (κ3) is 1.98. The number of amidine groups is 1. The summed E-state index contributed by atoms with van der Waals surface area (Å²) in [7, 11) is 2.08. The highest BCUT2D eigenvalue weighted by Crippen LogP contribution is 2.21. The molecule has 0 aliphatic carbocycles. The summed E-state index contributed by atoms with van der Waals surface area (Å²) < 4.78 is 0. The van der Waals surface area contributed by atoms with E-state index in [9.17, 15) is 0 Å². The van der Waals surface area contributed by atoms with Crippen molar-refractivity contribution in [3.05, 3.63) is 41.5 Å². The predicted octanol–water partition coefficient (Wildman–Crippen LogP) is 2.05. The molecular weight excluding hydrogens is 226 g/mol. The molecular formula is C14H16N3O. The Labute approximate surface area is 107 Å². The van der Waals surface area contributed by atoms with Gasteiger partial charge in [0.15, 0.2) is 6.10 Å². The molecule has 4 heteroatoms. The average Bonchev–Trinajstić information content (AvgIpc) is 2.98. The molecule has 1 radical (unpaired) electrons. The van der Waals surface area contributed by atoms with E-state index in [1.165, 1.54) is 5.56 Å². The van der Waals surface area contributed by atoms with Gasteiger partial charge in [-0.05, 0) is 12.5 Å². The van der Waals surface area contributed by atoms with E-state index in [2.05, 4.69) is 46.4 Å². The minimum Gasteiger partial charge on any atom is -0.384 e. The van der Waals surface area contributed by atoms with Crippen LogP contribution in [0.5, 0.6) is 0 Å². The fourth-order valence-electron chi connectivity index (χ4n) is 2.24. The summed E-state index contributed by atoms with van der Waals surface area (Å²) in [5.41, 5.74) is 3.29. The monoisotopic (exact) mass is 242 g/mol. The highest BCUT2D eigenvalue weighted by Gasteiger charge is 2.20. The Hall–Kier alpha value is -1.84. The van der Waals surface area contributed by atoms with Crippen LogP contribution in [-0.4, -0.2) is 36.6 Å². The molecule has 0 saturated carbocycles. The molecule has 93 valence electrons. The molecule has 0 bridgehead atoms. The van der Waals surface area contributed by atoms with E-state index in [1.807, 2.05) is 6.92 Å². The summed E-state index contributed by atoms with van der Waals surface area (Å²) >= 11 is 0. The molecule has 2 aliphatic heterocycles. The SMILES string of the molecule is C[C]1CC(c2ccc(C3=NCCN3C)cc2)=NO1. The van der Waals surface area contributed by atoms with Crippen molar-refractivity contribution in [2.75, 3.05) is 20.1 Å². The van der Waals surface area contributed by atoms with E-state index in [4.69, 9.17) is 4.84 Å². The topological polar surface area (TPSA) is 37.2 Å². The predicted molar refractivity (Wildman–Crippen MR) is 71.6 cm³/mol. The maximum Gasteiger partial charge on any atom is 0.182 e. The molecule has 1 aromatic carbocycles. The molecule has 2 aliphatic rings. The van der Waals surface area contributed by atoms with E-state index in [1.54, 1.807) is 0 Å². The fraction of sp³-hybridized carbons (Fsp3) is 0.357. The van der Waals surface area contributed by atoms with Crippen LogP contribution in [0.2, 0.25) is 0 Å². The van der Waals surface area contributed by atoms with Gasteiger partial charge in [0.05, 0.1) is 12.3 Å². The van der Waals surface area contributed by atoms with E-state index >= 15 is 0 Å². The first-order valence-corrected chi connectivity index (χ1v) is 6.17. The Kier molecular flexibility index (Phi) is 2.78. The summed E-state index contributed by atoms with van der Waals surface area (Å²) in [6.45, 7) is 3.85. The highest BCUT2D eigenvalue weighted by atomic mass is 16.6. The Bertz CT molecular complexity index is 504. The molecule has 0 fully saturated rings. The van der Waals surface area contributed by atoms with Crippen LogP contribution in [-0.2, 0) is 4.84 Å². The average molecular weight is 242 g/mol. The number of nitrogens with zero attached hydrogens (tertiary/aromatic N) is 3. The van der Waals surface area contributed by atoms with Crippen molar-refractivity contribution >= 4 is 11.5 Å². The van der Waals surface area contributed by atoms with Crippen LogP contribution in [0.15, 0.2) is 34.4 Å². The summed E-state index contributed by atoms with van der Waals surface area (Å²) in [6.07, 6.45) is 1.76. The van der Waals surface area contributed by atoms with Crippen LogP contribution in [0, 0.1) is 6.10 Å². The zero-order valence-corrected chi connectivity index (χ0v) is 10.7. The lowest BCUT2D eigenvalue weighted by Crippen LogP contribution is -2.23. The summed E-state index contributed by atoms with van der Waals surface area (Å²) in [6, 6.07) is 8.38. The van der Waals surface area contributed by atoms with Gasteiger partial charge in [-0.3, -0.25) is 4.99 Å². The molecule has 0 amide bonds. The standard InChI is InChI=1S/C14H16N3O/c1-10-9-13(16-18-10)11-3-5-12(6-4-11)14-15-7-8-17(14)2/h3-6H,7-9H2,1-2H3. The van der Waals surface area contributed by atoms with Crippen LogP contribution in [0.4, 0.5) is 0 Å². The van der Waals surface area contributed by atoms with Gasteiger partial charge in [-0.15, -0.1) is 0 Å². The lowest BCUT2D eigenvalue weighted by molar-refractivity contribution is 0.182. The van der Waals surface area contributed by atoms with Gasteiger partial charge in [-0.25, -0.2) is 0 Å². The number of rotatable bonds is 2. The molecule has 4 nitrogen and oxygen atoms in total. The first-order valence-electron chi connectivity index (χ1n) is 6.17. The molecule has 18 heavy (non-hydrogen) atoms. The maximum absolute atomic E-state index is 5.14. The largest absolute Gasteiger partial charge is 0.384 e. The third-order valence-electron chi connectivity index (χ3n) is 3.26. The normalized spacial score (nSPS) is 19.8. The Balaban J connectivity index is 1.81. The van der Waals surface area contributed by atoms with Crippen molar-refractivity contribution in [1.82, 2.24) is 4.90 Å². The van der Waals surface area contributed by atoms with Gasteiger partial charge in [0.2, 0.25) is 0 Å². The molecule has 1 aromatic rings. The van der Waals surface area contributed by atoms with Gasteiger partial charge in [0, 0.05) is 25.6 Å². The quantitative estimate of drug-likeness (QED) is 0.796. The molecule has 0 spiro atoms. The zero-order chi connectivity index (χ0) is 12.5. The number of aliphatic imine (C=N–C) groups is 1. The number of likely N-dealkylation sites (N-methyl/N-ethyl adjacent to an activating group) is 1. The maximum atomic E-state index is 5.14. The summed E-state index contributed by atoms with van der Waals surface area (Å²) in [4.78, 5) is 11.8. The van der Waals surface area contributed by atoms with Gasteiger partial charge in [0.25, 0.3) is 0 Å². The van der Waals surface area contributed by atoms with Crippen LogP contribution in [0.3, 0.4) is 0 Å². The molecule has 0 aromatic heterocycles. The minimum absolute atomic E-state index is 0.806. The van der Waals surface area contributed by atoms with Crippen LogP contribution >= 0.6 is 0 Å². The third-order valence-corrected chi connectivity index (χ3v) is 3.26. The summed E-state index contributed by atoms with van der Waals surface area (Å²) in [5.74, 6) is 1.08. The molecule has 0 atom stereocenters. The van der Waals surface area contributed by atoms with Gasteiger partial charge in [-0.2, -0.15) is 0 Å². The fourth-order valence-corrected chi connectivity index (χ4v) is 2.24. The Morgan fingerprint density at radius 1 is 1.17 bits per heavy atom. The second kappa shape index (κ2) is 4.44. The Morgan fingerprint density at radius 2 is 1.89 bits per heavy atom. The van der Waals surface area contributed by atoms with Gasteiger partial charge in [-0.1, -0.05) is 29.4 Å². The zero-order valence-electron chi connectivity index (χ0n) is 10.7. The van der Waals surface area contributed by atoms with Crippen LogP contribution in [0.1, 0.15) is 24.5 Å². The van der Waals surface area contributed by atoms with Crippen molar-refractivity contribution in [2.45, 2.75) is 13.3 Å². The number of hydrogen-bond donors (Lipinski definition) is 0. The number of hydrogen-bond acceptors (Lipinski definition) is 4. The van der Waals surface area contributed by atoms with E-state index in [-0.39, 0.29) is 0 Å². The van der Waals surface area contributed by atoms with Gasteiger partial charge >= 0.3 is 0 Å². The molecule has 3 rings (SSSR count). The molecule has 0 N–H and O–H groups in total. The van der Waals surface area contributed by atoms with E-state index in [0.717, 1.165) is 42.7 Å². The Morgan fingerprint density at radius 3 is 2.44 bits per heavy atom.